The smallest absolute Gasteiger partial charge is 0.170 e. The summed E-state index contributed by atoms with van der Waals surface area (Å²) in [5, 5.41) is 10.8. The monoisotopic (exact) mass is 258 g/mol. The van der Waals surface area contributed by atoms with Crippen molar-refractivity contribution in [2.75, 3.05) is 0 Å². The van der Waals surface area contributed by atoms with Gasteiger partial charge in [0.25, 0.3) is 0 Å². The molecule has 0 spiro atoms. The van der Waals surface area contributed by atoms with Crippen LogP contribution < -0.4 is 0 Å². The number of rotatable bonds is 2. The molecule has 0 heterocycles. The number of hydrogen-bond acceptors (Lipinski definition) is 2. The fraction of sp³-hybridized carbons (Fsp3) is 0.200. The highest BCUT2D eigenvalue weighted by molar-refractivity contribution is 7.85. The fourth-order valence-electron chi connectivity index (χ4n) is 2.49. The van der Waals surface area contributed by atoms with Gasteiger partial charge in [0.1, 0.15) is 0 Å². The maximum absolute atomic E-state index is 12.6. The van der Waals surface area contributed by atoms with E-state index in [1.807, 2.05) is 42.5 Å². The number of fused-ring (bicyclic) bond motifs is 1. The first-order chi connectivity index (χ1) is 8.72. The van der Waals surface area contributed by atoms with Gasteiger partial charge in [-0.2, -0.15) is 0 Å². The molecule has 1 N–H and O–H groups in total. The van der Waals surface area contributed by atoms with Crippen molar-refractivity contribution in [2.45, 2.75) is 22.7 Å². The lowest BCUT2D eigenvalue weighted by atomic mass is 10.1. The Hall–Kier alpha value is -1.45. The number of hydrogen-bond donors (Lipinski definition) is 1. The van der Waals surface area contributed by atoms with Gasteiger partial charge in [0.15, 0.2) is 4.93 Å². The maximum atomic E-state index is 12.6. The van der Waals surface area contributed by atoms with Crippen LogP contribution in [0, 0.1) is 0 Å². The van der Waals surface area contributed by atoms with E-state index < -0.39 is 15.7 Å². The normalized spacial score (nSPS) is 23.6. The summed E-state index contributed by atoms with van der Waals surface area (Å²) in [6.07, 6.45) is 1.30. The van der Waals surface area contributed by atoms with E-state index >= 15 is 0 Å². The van der Waals surface area contributed by atoms with Crippen LogP contribution in [-0.4, -0.2) is 9.32 Å². The Balaban J connectivity index is 2.05. The summed E-state index contributed by atoms with van der Waals surface area (Å²) in [6.45, 7) is 0. The lowest BCUT2D eigenvalue weighted by molar-refractivity contribution is 0.133. The van der Waals surface area contributed by atoms with Crippen molar-refractivity contribution in [3.05, 3.63) is 65.7 Å². The van der Waals surface area contributed by atoms with E-state index in [9.17, 15) is 9.32 Å². The highest BCUT2D eigenvalue weighted by atomic mass is 32.2. The zero-order valence-electron chi connectivity index (χ0n) is 9.87. The summed E-state index contributed by atoms with van der Waals surface area (Å²) < 4.78 is 12.6. The Morgan fingerprint density at radius 3 is 2.44 bits per heavy atom. The molecule has 92 valence electrons. The first-order valence-corrected chi connectivity index (χ1v) is 7.14. The van der Waals surface area contributed by atoms with E-state index in [1.54, 1.807) is 12.1 Å². The van der Waals surface area contributed by atoms with Gasteiger partial charge in [-0.3, -0.25) is 4.21 Å². The quantitative estimate of drug-likeness (QED) is 0.899. The van der Waals surface area contributed by atoms with Crippen molar-refractivity contribution in [2.24, 2.45) is 0 Å². The molecular formula is C15H14O2S. The van der Waals surface area contributed by atoms with Crippen molar-refractivity contribution >= 4 is 10.8 Å². The average molecular weight is 258 g/mol. The van der Waals surface area contributed by atoms with Gasteiger partial charge in [0, 0.05) is 4.90 Å². The molecule has 2 atom stereocenters. The number of benzene rings is 2. The third-order valence-electron chi connectivity index (χ3n) is 3.44. The minimum absolute atomic E-state index is 0.522. The zero-order valence-corrected chi connectivity index (χ0v) is 10.7. The molecule has 0 aliphatic heterocycles. The molecule has 2 aromatic carbocycles. The maximum Gasteiger partial charge on any atom is 0.170 e. The van der Waals surface area contributed by atoms with Gasteiger partial charge in [-0.05, 0) is 36.1 Å². The fourth-order valence-corrected chi connectivity index (χ4v) is 3.97. The standard InChI is InChI=1S/C15H14O2S/c16-15(18(17)13-7-2-1-3-8-13)11-10-12-6-4-5-9-14(12)15/h1-9,16H,10-11H2/t15?,18-/m0/s1. The second kappa shape index (κ2) is 4.34. The third-order valence-corrected chi connectivity index (χ3v) is 5.17. The summed E-state index contributed by atoms with van der Waals surface area (Å²) >= 11 is 0. The minimum atomic E-state index is -1.43. The molecule has 3 rings (SSSR count). The van der Waals surface area contributed by atoms with E-state index in [4.69, 9.17) is 0 Å². The van der Waals surface area contributed by atoms with Crippen LogP contribution >= 0.6 is 0 Å². The Labute approximate surface area is 109 Å². The molecule has 1 aliphatic rings. The van der Waals surface area contributed by atoms with Gasteiger partial charge in [0.2, 0.25) is 0 Å². The van der Waals surface area contributed by atoms with Crippen LogP contribution in [0.2, 0.25) is 0 Å². The highest BCUT2D eigenvalue weighted by Crippen LogP contribution is 2.41. The first-order valence-electron chi connectivity index (χ1n) is 5.99. The van der Waals surface area contributed by atoms with E-state index in [-0.39, 0.29) is 0 Å². The van der Waals surface area contributed by atoms with Gasteiger partial charge >= 0.3 is 0 Å². The van der Waals surface area contributed by atoms with E-state index in [1.165, 1.54) is 0 Å². The lowest BCUT2D eigenvalue weighted by Gasteiger charge is -2.23. The minimum Gasteiger partial charge on any atom is -0.372 e. The van der Waals surface area contributed by atoms with E-state index in [0.717, 1.165) is 17.5 Å². The highest BCUT2D eigenvalue weighted by Gasteiger charge is 2.42. The summed E-state index contributed by atoms with van der Waals surface area (Å²) in [5.74, 6) is 0. The Morgan fingerprint density at radius 1 is 1.00 bits per heavy atom. The number of aryl methyl sites for hydroxylation is 1. The molecular weight excluding hydrogens is 244 g/mol. The van der Waals surface area contributed by atoms with Gasteiger partial charge in [-0.15, -0.1) is 0 Å². The van der Waals surface area contributed by atoms with E-state index in [2.05, 4.69) is 0 Å². The number of aliphatic hydroxyl groups is 1. The molecule has 0 saturated heterocycles. The topological polar surface area (TPSA) is 37.3 Å². The zero-order chi connectivity index (χ0) is 12.6. The van der Waals surface area contributed by atoms with Crippen molar-refractivity contribution < 1.29 is 9.32 Å². The summed E-state index contributed by atoms with van der Waals surface area (Å²) in [5.41, 5.74) is 1.91. The van der Waals surface area contributed by atoms with Crippen LogP contribution in [0.5, 0.6) is 0 Å². The third kappa shape index (κ3) is 1.71. The summed E-state index contributed by atoms with van der Waals surface area (Å²) in [4.78, 5) is -0.561. The summed E-state index contributed by atoms with van der Waals surface area (Å²) in [6, 6.07) is 16.9. The van der Waals surface area contributed by atoms with Crippen molar-refractivity contribution in [3.63, 3.8) is 0 Å². The second-order valence-electron chi connectivity index (χ2n) is 4.52. The lowest BCUT2D eigenvalue weighted by Crippen LogP contribution is -2.28. The van der Waals surface area contributed by atoms with Crippen LogP contribution in [0.3, 0.4) is 0 Å². The molecule has 0 radical (unpaired) electrons. The van der Waals surface area contributed by atoms with Crippen LogP contribution in [0.4, 0.5) is 0 Å². The van der Waals surface area contributed by atoms with Crippen LogP contribution in [0.1, 0.15) is 17.5 Å². The van der Waals surface area contributed by atoms with Gasteiger partial charge in [-0.1, -0.05) is 42.5 Å². The van der Waals surface area contributed by atoms with E-state index in [0.29, 0.717) is 11.3 Å². The van der Waals surface area contributed by atoms with Crippen molar-refractivity contribution in [1.82, 2.24) is 0 Å². The summed E-state index contributed by atoms with van der Waals surface area (Å²) in [7, 11) is -1.43. The van der Waals surface area contributed by atoms with Crippen LogP contribution in [0.25, 0.3) is 0 Å². The molecule has 0 amide bonds. The van der Waals surface area contributed by atoms with Crippen LogP contribution in [-0.2, 0) is 22.2 Å². The largest absolute Gasteiger partial charge is 0.372 e. The Morgan fingerprint density at radius 2 is 1.67 bits per heavy atom. The molecule has 0 bridgehead atoms. The predicted molar refractivity (Wildman–Crippen MR) is 71.5 cm³/mol. The Bertz CT molecular complexity index is 594. The van der Waals surface area contributed by atoms with Gasteiger partial charge in [-0.25, -0.2) is 0 Å². The van der Waals surface area contributed by atoms with Gasteiger partial charge < -0.3 is 5.11 Å². The molecule has 0 saturated carbocycles. The molecule has 0 aromatic heterocycles. The first kappa shape index (κ1) is 11.6. The molecule has 0 fully saturated rings. The predicted octanol–water partition coefficient (Wildman–Crippen LogP) is 2.59. The molecule has 1 unspecified atom stereocenters. The molecule has 1 aliphatic carbocycles. The van der Waals surface area contributed by atoms with Gasteiger partial charge in [0.05, 0.1) is 10.8 Å². The van der Waals surface area contributed by atoms with Crippen molar-refractivity contribution in [1.29, 1.82) is 0 Å². The van der Waals surface area contributed by atoms with Crippen LogP contribution in [0.15, 0.2) is 59.5 Å². The molecule has 18 heavy (non-hydrogen) atoms. The molecule has 2 aromatic rings. The second-order valence-corrected chi connectivity index (χ2v) is 6.21. The molecule has 3 heteroatoms. The van der Waals surface area contributed by atoms with Crippen molar-refractivity contribution in [3.8, 4) is 0 Å². The average Bonchev–Trinajstić information content (AvgIpc) is 2.78. The molecule has 2 nitrogen and oxygen atoms in total. The SMILES string of the molecule is O=[S@@](c1ccccc1)C1(O)CCc2ccccc21. The Kier molecular flexibility index (Phi) is 2.80.